The highest BCUT2D eigenvalue weighted by Gasteiger charge is 2.30. The molecule has 1 aromatic rings. The van der Waals surface area contributed by atoms with E-state index >= 15 is 0 Å². The lowest BCUT2D eigenvalue weighted by molar-refractivity contribution is 0.180. The number of ether oxygens (including phenoxy) is 1. The van der Waals surface area contributed by atoms with E-state index in [4.69, 9.17) is 4.74 Å². The minimum Gasteiger partial charge on any atom is -0.496 e. The Labute approximate surface area is 123 Å². The Balaban J connectivity index is 2.23. The maximum atomic E-state index is 5.48. The molecule has 0 saturated heterocycles. The molecule has 2 rings (SSSR count). The molecule has 0 radical (unpaired) electrons. The average Bonchev–Trinajstić information content (AvgIpc) is 2.40. The van der Waals surface area contributed by atoms with Crippen molar-refractivity contribution in [3.8, 4) is 5.75 Å². The van der Waals surface area contributed by atoms with E-state index < -0.39 is 0 Å². The molecule has 3 unspecified atom stereocenters. The van der Waals surface area contributed by atoms with E-state index in [9.17, 15) is 0 Å². The Hall–Kier alpha value is -1.02. The van der Waals surface area contributed by atoms with Crippen LogP contribution in [0, 0.1) is 24.7 Å². The van der Waals surface area contributed by atoms with Crippen molar-refractivity contribution in [2.75, 3.05) is 14.2 Å². The van der Waals surface area contributed by atoms with E-state index in [-0.39, 0.29) is 0 Å². The molecular formula is C18H29NO. The van der Waals surface area contributed by atoms with Crippen LogP contribution >= 0.6 is 0 Å². The quantitative estimate of drug-likeness (QED) is 0.882. The Morgan fingerprint density at radius 3 is 2.35 bits per heavy atom. The highest BCUT2D eigenvalue weighted by molar-refractivity contribution is 5.38. The second-order valence-electron chi connectivity index (χ2n) is 6.67. The van der Waals surface area contributed by atoms with Gasteiger partial charge in [-0.2, -0.15) is 0 Å². The summed E-state index contributed by atoms with van der Waals surface area (Å²) in [6.45, 7) is 6.89. The lowest BCUT2D eigenvalue weighted by Gasteiger charge is -2.36. The number of benzene rings is 1. The first-order chi connectivity index (χ1) is 9.55. The van der Waals surface area contributed by atoms with Crippen molar-refractivity contribution in [3.63, 3.8) is 0 Å². The lowest BCUT2D eigenvalue weighted by atomic mass is 9.72. The zero-order valence-electron chi connectivity index (χ0n) is 13.6. The minimum absolute atomic E-state index is 0.440. The van der Waals surface area contributed by atoms with Crippen LogP contribution in [-0.4, -0.2) is 14.2 Å². The number of nitrogens with one attached hydrogen (secondary N) is 1. The van der Waals surface area contributed by atoms with Gasteiger partial charge in [-0.3, -0.25) is 0 Å². The van der Waals surface area contributed by atoms with Gasteiger partial charge in [0, 0.05) is 6.04 Å². The van der Waals surface area contributed by atoms with Gasteiger partial charge in [-0.25, -0.2) is 0 Å². The van der Waals surface area contributed by atoms with Crippen LogP contribution in [0.2, 0.25) is 0 Å². The standard InChI is InChI=1S/C18H29NO/c1-12-8-13(2)10-16(9-12)18(19-4)15-7-6-14(3)17(11-15)20-5/h6-7,11-13,16,18-19H,8-10H2,1-5H3. The number of aryl methyl sites for hydroxylation is 1. The van der Waals surface area contributed by atoms with Gasteiger partial charge >= 0.3 is 0 Å². The van der Waals surface area contributed by atoms with E-state index in [0.717, 1.165) is 23.5 Å². The fraction of sp³-hybridized carbons (Fsp3) is 0.667. The molecule has 1 aromatic carbocycles. The molecule has 1 aliphatic carbocycles. The number of methoxy groups -OCH3 is 1. The molecule has 1 fully saturated rings. The summed E-state index contributed by atoms with van der Waals surface area (Å²) in [7, 11) is 3.84. The number of rotatable bonds is 4. The Kier molecular flexibility index (Phi) is 5.09. The third kappa shape index (κ3) is 3.35. The fourth-order valence-electron chi connectivity index (χ4n) is 3.99. The van der Waals surface area contributed by atoms with Crippen LogP contribution in [0.15, 0.2) is 18.2 Å². The van der Waals surface area contributed by atoms with Crippen molar-refractivity contribution < 1.29 is 4.74 Å². The van der Waals surface area contributed by atoms with Crippen molar-refractivity contribution in [3.05, 3.63) is 29.3 Å². The van der Waals surface area contributed by atoms with Crippen molar-refractivity contribution in [2.24, 2.45) is 17.8 Å². The Bertz CT molecular complexity index is 433. The molecule has 3 atom stereocenters. The SMILES string of the molecule is CNC(c1ccc(C)c(OC)c1)C1CC(C)CC(C)C1. The van der Waals surface area contributed by atoms with Crippen LogP contribution in [0.3, 0.4) is 0 Å². The number of hydrogen-bond acceptors (Lipinski definition) is 2. The summed E-state index contributed by atoms with van der Waals surface area (Å²) in [5.41, 5.74) is 2.57. The molecule has 0 bridgehead atoms. The number of hydrogen-bond donors (Lipinski definition) is 1. The Morgan fingerprint density at radius 1 is 1.15 bits per heavy atom. The van der Waals surface area contributed by atoms with Crippen LogP contribution in [-0.2, 0) is 0 Å². The summed E-state index contributed by atoms with van der Waals surface area (Å²) in [6.07, 6.45) is 4.03. The van der Waals surface area contributed by atoms with Gasteiger partial charge in [0.05, 0.1) is 7.11 Å². The van der Waals surface area contributed by atoms with Gasteiger partial charge in [-0.15, -0.1) is 0 Å². The average molecular weight is 275 g/mol. The summed E-state index contributed by atoms with van der Waals surface area (Å²) in [4.78, 5) is 0. The Morgan fingerprint density at radius 2 is 1.80 bits per heavy atom. The zero-order valence-corrected chi connectivity index (χ0v) is 13.6. The summed E-state index contributed by atoms with van der Waals surface area (Å²) < 4.78 is 5.48. The third-order valence-corrected chi connectivity index (χ3v) is 4.79. The fourth-order valence-corrected chi connectivity index (χ4v) is 3.99. The van der Waals surface area contributed by atoms with Gasteiger partial charge in [0.15, 0.2) is 0 Å². The predicted molar refractivity (Wildman–Crippen MR) is 85.2 cm³/mol. The van der Waals surface area contributed by atoms with Gasteiger partial charge in [-0.1, -0.05) is 26.0 Å². The van der Waals surface area contributed by atoms with Crippen molar-refractivity contribution in [1.29, 1.82) is 0 Å². The molecule has 0 heterocycles. The maximum Gasteiger partial charge on any atom is 0.122 e. The maximum absolute atomic E-state index is 5.48. The molecule has 1 aliphatic rings. The summed E-state index contributed by atoms with van der Waals surface area (Å²) in [5.74, 6) is 3.41. The highest BCUT2D eigenvalue weighted by atomic mass is 16.5. The molecule has 0 spiro atoms. The molecule has 1 N–H and O–H groups in total. The van der Waals surface area contributed by atoms with Gasteiger partial charge in [0.25, 0.3) is 0 Å². The van der Waals surface area contributed by atoms with Gasteiger partial charge in [0.1, 0.15) is 5.75 Å². The summed E-state index contributed by atoms with van der Waals surface area (Å²) in [6, 6.07) is 7.08. The van der Waals surface area contributed by atoms with Gasteiger partial charge in [-0.05, 0) is 68.2 Å². The largest absolute Gasteiger partial charge is 0.496 e. The zero-order chi connectivity index (χ0) is 14.7. The van der Waals surface area contributed by atoms with Crippen LogP contribution in [0.1, 0.15) is 50.3 Å². The molecule has 0 aliphatic heterocycles. The van der Waals surface area contributed by atoms with E-state index in [1.54, 1.807) is 7.11 Å². The first kappa shape index (κ1) is 15.4. The molecule has 112 valence electrons. The first-order valence-electron chi connectivity index (χ1n) is 7.87. The van der Waals surface area contributed by atoms with Crippen LogP contribution in [0.25, 0.3) is 0 Å². The second kappa shape index (κ2) is 6.62. The van der Waals surface area contributed by atoms with Crippen LogP contribution in [0.5, 0.6) is 5.75 Å². The third-order valence-electron chi connectivity index (χ3n) is 4.79. The van der Waals surface area contributed by atoms with Crippen molar-refractivity contribution in [2.45, 2.75) is 46.1 Å². The molecule has 20 heavy (non-hydrogen) atoms. The smallest absolute Gasteiger partial charge is 0.122 e. The molecule has 0 amide bonds. The molecule has 2 heteroatoms. The molecule has 1 saturated carbocycles. The minimum atomic E-state index is 0.440. The van der Waals surface area contributed by atoms with Gasteiger partial charge in [0.2, 0.25) is 0 Å². The van der Waals surface area contributed by atoms with E-state index in [1.165, 1.54) is 30.4 Å². The lowest BCUT2D eigenvalue weighted by Crippen LogP contribution is -2.31. The first-order valence-corrected chi connectivity index (χ1v) is 7.87. The van der Waals surface area contributed by atoms with Crippen molar-refractivity contribution in [1.82, 2.24) is 5.32 Å². The summed E-state index contributed by atoms with van der Waals surface area (Å²) >= 11 is 0. The molecular weight excluding hydrogens is 246 g/mol. The highest BCUT2D eigenvalue weighted by Crippen LogP contribution is 2.40. The summed E-state index contributed by atoms with van der Waals surface area (Å²) in [5, 5.41) is 3.54. The second-order valence-corrected chi connectivity index (χ2v) is 6.67. The van der Waals surface area contributed by atoms with Crippen LogP contribution in [0.4, 0.5) is 0 Å². The molecule has 0 aromatic heterocycles. The van der Waals surface area contributed by atoms with Crippen LogP contribution < -0.4 is 10.1 Å². The van der Waals surface area contributed by atoms with E-state index in [1.807, 2.05) is 0 Å². The molecule has 2 nitrogen and oxygen atoms in total. The van der Waals surface area contributed by atoms with E-state index in [2.05, 4.69) is 51.3 Å². The van der Waals surface area contributed by atoms with Crippen molar-refractivity contribution >= 4 is 0 Å². The predicted octanol–water partition coefficient (Wildman–Crippen LogP) is 4.34. The van der Waals surface area contributed by atoms with E-state index in [0.29, 0.717) is 6.04 Å². The topological polar surface area (TPSA) is 21.3 Å². The normalized spacial score (nSPS) is 28.1. The van der Waals surface area contributed by atoms with Gasteiger partial charge < -0.3 is 10.1 Å². The monoisotopic (exact) mass is 275 g/mol.